The second kappa shape index (κ2) is 8.02. The molecule has 2 aliphatic rings. The molecule has 1 N–H and O–H groups in total. The number of hydrogen-bond donors (Lipinski definition) is 1. The van der Waals surface area contributed by atoms with Crippen molar-refractivity contribution in [1.82, 2.24) is 10.2 Å². The Morgan fingerprint density at radius 1 is 0.923 bits per heavy atom. The second-order valence-corrected chi connectivity index (χ2v) is 7.71. The van der Waals surface area contributed by atoms with Gasteiger partial charge in [0.15, 0.2) is 5.78 Å². The summed E-state index contributed by atoms with van der Waals surface area (Å²) in [6.45, 7) is 4.38. The van der Waals surface area contributed by atoms with Crippen LogP contribution in [0.3, 0.4) is 0 Å². The minimum Gasteiger partial charge on any atom is -0.345 e. The molecule has 1 aromatic carbocycles. The lowest BCUT2D eigenvalue weighted by Gasteiger charge is -2.26. The van der Waals surface area contributed by atoms with Crippen LogP contribution in [0.25, 0.3) is 0 Å². The van der Waals surface area contributed by atoms with Crippen LogP contribution in [0.1, 0.15) is 66.4 Å². The van der Waals surface area contributed by atoms with Crippen molar-refractivity contribution in [3.8, 4) is 0 Å². The van der Waals surface area contributed by atoms with Crippen molar-refractivity contribution < 1.29 is 14.4 Å². The number of benzene rings is 1. The van der Waals surface area contributed by atoms with Crippen LogP contribution < -0.4 is 5.32 Å². The highest BCUT2D eigenvalue weighted by Crippen LogP contribution is 2.23. The Morgan fingerprint density at radius 2 is 1.58 bits per heavy atom. The van der Waals surface area contributed by atoms with Crippen LogP contribution in [0.2, 0.25) is 0 Å². The average molecular weight is 356 g/mol. The molecule has 1 aliphatic heterocycles. The van der Waals surface area contributed by atoms with Crippen LogP contribution in [-0.4, -0.2) is 41.1 Å². The smallest absolute Gasteiger partial charge is 0.312 e. The van der Waals surface area contributed by atoms with Gasteiger partial charge in [-0.15, -0.1) is 0 Å². The van der Waals surface area contributed by atoms with E-state index in [1.54, 1.807) is 0 Å². The fourth-order valence-electron chi connectivity index (χ4n) is 4.22. The zero-order chi connectivity index (χ0) is 18.7. The molecule has 140 valence electrons. The third-order valence-electron chi connectivity index (χ3n) is 5.46. The van der Waals surface area contributed by atoms with E-state index in [-0.39, 0.29) is 11.8 Å². The summed E-state index contributed by atoms with van der Waals surface area (Å²) >= 11 is 0. The van der Waals surface area contributed by atoms with Crippen molar-refractivity contribution in [3.05, 3.63) is 34.9 Å². The quantitative estimate of drug-likeness (QED) is 0.669. The molecule has 1 unspecified atom stereocenters. The van der Waals surface area contributed by atoms with Gasteiger partial charge in [0, 0.05) is 18.2 Å². The summed E-state index contributed by atoms with van der Waals surface area (Å²) in [7, 11) is 0. The van der Waals surface area contributed by atoms with E-state index in [0.717, 1.165) is 43.2 Å². The van der Waals surface area contributed by atoms with Gasteiger partial charge in [0.05, 0.1) is 6.04 Å². The number of aryl methyl sites for hydroxylation is 2. The first-order chi connectivity index (χ1) is 12.5. The molecule has 2 amide bonds. The number of nitrogens with zero attached hydrogens (tertiary/aromatic N) is 1. The number of nitrogens with one attached hydrogen (secondary N) is 1. The summed E-state index contributed by atoms with van der Waals surface area (Å²) in [6, 6.07) is 5.31. The predicted octanol–water partition coefficient (Wildman–Crippen LogP) is 2.93. The van der Waals surface area contributed by atoms with E-state index >= 15 is 0 Å². The fraction of sp³-hybridized carbons (Fsp3) is 0.571. The molecule has 26 heavy (non-hydrogen) atoms. The summed E-state index contributed by atoms with van der Waals surface area (Å²) in [6.07, 6.45) is 6.62. The molecule has 1 aromatic rings. The number of ketones is 1. The van der Waals surface area contributed by atoms with Crippen molar-refractivity contribution in [1.29, 1.82) is 0 Å². The molecule has 0 aromatic heterocycles. The molecule has 1 heterocycles. The maximum Gasteiger partial charge on any atom is 0.312 e. The SMILES string of the molecule is Cc1cc(C)cc(C(=O)C2CCCN2C(=O)C(=O)NC2CCCCC2)c1. The van der Waals surface area contributed by atoms with Crippen LogP contribution in [-0.2, 0) is 9.59 Å². The summed E-state index contributed by atoms with van der Waals surface area (Å²) in [4.78, 5) is 39.5. The molecule has 1 saturated carbocycles. The molecule has 5 heteroatoms. The Bertz CT molecular complexity index is 687. The van der Waals surface area contributed by atoms with Gasteiger partial charge < -0.3 is 10.2 Å². The predicted molar refractivity (Wildman–Crippen MR) is 100.0 cm³/mol. The summed E-state index contributed by atoms with van der Waals surface area (Å²) in [5, 5.41) is 2.87. The lowest BCUT2D eigenvalue weighted by molar-refractivity contribution is -0.146. The van der Waals surface area contributed by atoms with E-state index in [1.165, 1.54) is 11.3 Å². The van der Waals surface area contributed by atoms with E-state index < -0.39 is 17.9 Å². The normalized spacial score (nSPS) is 20.8. The Balaban J connectivity index is 1.69. The van der Waals surface area contributed by atoms with Gasteiger partial charge in [-0.05, 0) is 51.7 Å². The number of carbonyl (C=O) groups is 3. The molecular formula is C21H28N2O3. The third-order valence-corrected chi connectivity index (χ3v) is 5.46. The Kier molecular flexibility index (Phi) is 5.74. The van der Waals surface area contributed by atoms with Crippen molar-refractivity contribution >= 4 is 17.6 Å². The number of rotatable bonds is 3. The van der Waals surface area contributed by atoms with Crippen molar-refractivity contribution in [2.75, 3.05) is 6.54 Å². The number of likely N-dealkylation sites (tertiary alicyclic amines) is 1. The summed E-state index contributed by atoms with van der Waals surface area (Å²) < 4.78 is 0. The lowest BCUT2D eigenvalue weighted by Crippen LogP contribution is -2.50. The third kappa shape index (κ3) is 4.14. The van der Waals surface area contributed by atoms with E-state index in [1.807, 2.05) is 32.0 Å². The molecule has 2 fully saturated rings. The average Bonchev–Trinajstić information content (AvgIpc) is 3.10. The van der Waals surface area contributed by atoms with Gasteiger partial charge in [-0.2, -0.15) is 0 Å². The van der Waals surface area contributed by atoms with Crippen LogP contribution >= 0.6 is 0 Å². The Morgan fingerprint density at radius 3 is 2.23 bits per heavy atom. The van der Waals surface area contributed by atoms with Gasteiger partial charge in [-0.1, -0.05) is 36.5 Å². The first-order valence-corrected chi connectivity index (χ1v) is 9.69. The maximum absolute atomic E-state index is 13.0. The number of carbonyl (C=O) groups excluding carboxylic acids is 3. The number of amides is 2. The summed E-state index contributed by atoms with van der Waals surface area (Å²) in [5.41, 5.74) is 2.68. The largest absolute Gasteiger partial charge is 0.345 e. The summed E-state index contributed by atoms with van der Waals surface area (Å²) in [5.74, 6) is -1.18. The van der Waals surface area contributed by atoms with E-state index in [9.17, 15) is 14.4 Å². The van der Waals surface area contributed by atoms with Gasteiger partial charge in [0.25, 0.3) is 0 Å². The first-order valence-electron chi connectivity index (χ1n) is 9.69. The van der Waals surface area contributed by atoms with Gasteiger partial charge in [-0.3, -0.25) is 14.4 Å². The van der Waals surface area contributed by atoms with Gasteiger partial charge >= 0.3 is 11.8 Å². The Labute approximate surface area is 155 Å². The molecule has 1 saturated heterocycles. The maximum atomic E-state index is 13.0. The second-order valence-electron chi connectivity index (χ2n) is 7.71. The minimum absolute atomic E-state index is 0.0619. The molecule has 3 rings (SSSR count). The van der Waals surface area contributed by atoms with E-state index in [0.29, 0.717) is 18.5 Å². The fourth-order valence-corrected chi connectivity index (χ4v) is 4.22. The van der Waals surface area contributed by atoms with Crippen molar-refractivity contribution in [3.63, 3.8) is 0 Å². The first kappa shape index (κ1) is 18.6. The van der Waals surface area contributed by atoms with Crippen LogP contribution in [0, 0.1) is 13.8 Å². The molecule has 0 spiro atoms. The molecule has 0 bridgehead atoms. The van der Waals surface area contributed by atoms with E-state index in [2.05, 4.69) is 5.32 Å². The van der Waals surface area contributed by atoms with Crippen molar-refractivity contribution in [2.45, 2.75) is 70.9 Å². The van der Waals surface area contributed by atoms with Crippen LogP contribution in [0.5, 0.6) is 0 Å². The number of Topliss-reactive ketones (excluding diaryl/α,β-unsaturated/α-hetero) is 1. The molecule has 5 nitrogen and oxygen atoms in total. The van der Waals surface area contributed by atoms with E-state index in [4.69, 9.17) is 0 Å². The molecule has 0 radical (unpaired) electrons. The van der Waals surface area contributed by atoms with Gasteiger partial charge in [-0.25, -0.2) is 0 Å². The highest BCUT2D eigenvalue weighted by Gasteiger charge is 2.37. The topological polar surface area (TPSA) is 66.5 Å². The zero-order valence-electron chi connectivity index (χ0n) is 15.7. The minimum atomic E-state index is -0.559. The molecular weight excluding hydrogens is 328 g/mol. The van der Waals surface area contributed by atoms with Gasteiger partial charge in [0.2, 0.25) is 0 Å². The molecule has 1 atom stereocenters. The Hall–Kier alpha value is -2.17. The highest BCUT2D eigenvalue weighted by molar-refractivity contribution is 6.35. The molecule has 1 aliphatic carbocycles. The lowest BCUT2D eigenvalue weighted by atomic mass is 9.95. The standard InChI is InChI=1S/C21H28N2O3/c1-14-11-15(2)13-16(12-14)19(24)18-9-6-10-23(18)21(26)20(25)22-17-7-4-3-5-8-17/h11-13,17-18H,3-10H2,1-2H3,(H,22,25). The van der Waals surface area contributed by atoms with Gasteiger partial charge in [0.1, 0.15) is 0 Å². The van der Waals surface area contributed by atoms with Crippen molar-refractivity contribution in [2.24, 2.45) is 0 Å². The zero-order valence-corrected chi connectivity index (χ0v) is 15.7. The van der Waals surface area contributed by atoms with Crippen LogP contribution in [0.15, 0.2) is 18.2 Å². The van der Waals surface area contributed by atoms with Crippen LogP contribution in [0.4, 0.5) is 0 Å². The highest BCUT2D eigenvalue weighted by atomic mass is 16.2. The monoisotopic (exact) mass is 356 g/mol. The number of hydrogen-bond acceptors (Lipinski definition) is 3.